The van der Waals surface area contributed by atoms with Crippen LogP contribution in [0.15, 0.2) is 53.4 Å². The molecule has 2 aromatic carbocycles. The van der Waals surface area contributed by atoms with Gasteiger partial charge in [0.25, 0.3) is 0 Å². The van der Waals surface area contributed by atoms with E-state index in [0.29, 0.717) is 29.5 Å². The van der Waals surface area contributed by atoms with Crippen molar-refractivity contribution in [2.45, 2.75) is 18.2 Å². The lowest BCUT2D eigenvalue weighted by atomic mass is 10.1. The van der Waals surface area contributed by atoms with Gasteiger partial charge in [-0.1, -0.05) is 24.6 Å². The van der Waals surface area contributed by atoms with Crippen molar-refractivity contribution in [3.05, 3.63) is 53.6 Å². The molecule has 1 unspecified atom stereocenters. The number of amides is 2. The average molecular weight is 491 g/mol. The van der Waals surface area contributed by atoms with E-state index in [1.165, 1.54) is 16.4 Å². The zero-order valence-corrected chi connectivity index (χ0v) is 20.0. The molecule has 1 atom stereocenters. The van der Waals surface area contributed by atoms with Gasteiger partial charge in [-0.3, -0.25) is 9.59 Å². The highest BCUT2D eigenvalue weighted by Crippen LogP contribution is 2.28. The molecule has 8 nitrogen and oxygen atoms in total. The van der Waals surface area contributed by atoms with Crippen molar-refractivity contribution in [1.82, 2.24) is 9.21 Å². The molecule has 2 aliphatic heterocycles. The largest absolute Gasteiger partial charge is 0.326 e. The monoisotopic (exact) mass is 490 g/mol. The summed E-state index contributed by atoms with van der Waals surface area (Å²) >= 11 is 6.02. The predicted molar refractivity (Wildman–Crippen MR) is 128 cm³/mol. The van der Waals surface area contributed by atoms with Crippen molar-refractivity contribution >= 4 is 44.8 Å². The van der Waals surface area contributed by atoms with Crippen molar-refractivity contribution in [3.63, 3.8) is 0 Å². The van der Waals surface area contributed by atoms with Crippen LogP contribution in [-0.2, 0) is 19.6 Å². The van der Waals surface area contributed by atoms with E-state index in [9.17, 15) is 18.0 Å². The number of nitrogens with one attached hydrogen (secondary N) is 1. The minimum Gasteiger partial charge on any atom is -0.326 e. The van der Waals surface area contributed by atoms with Crippen LogP contribution in [0.1, 0.15) is 13.3 Å². The van der Waals surface area contributed by atoms with Gasteiger partial charge in [-0.15, -0.1) is 0 Å². The van der Waals surface area contributed by atoms with E-state index in [-0.39, 0.29) is 29.7 Å². The van der Waals surface area contributed by atoms with Gasteiger partial charge in [0.2, 0.25) is 21.8 Å². The second-order valence-electron chi connectivity index (χ2n) is 8.24. The molecule has 0 bridgehead atoms. The van der Waals surface area contributed by atoms with Gasteiger partial charge in [0.15, 0.2) is 0 Å². The molecule has 2 aromatic rings. The number of benzene rings is 2. The average Bonchev–Trinajstić information content (AvgIpc) is 3.21. The number of sulfonamides is 1. The maximum atomic E-state index is 12.9. The van der Waals surface area contributed by atoms with Gasteiger partial charge in [0, 0.05) is 55.5 Å². The molecule has 2 amide bonds. The zero-order valence-electron chi connectivity index (χ0n) is 18.4. The number of hydrogen-bond donors (Lipinski definition) is 1. The molecular formula is C23H27ClN4O4S. The fourth-order valence-electron chi connectivity index (χ4n) is 4.17. The van der Waals surface area contributed by atoms with Crippen molar-refractivity contribution in [2.24, 2.45) is 5.92 Å². The van der Waals surface area contributed by atoms with Crippen LogP contribution >= 0.6 is 11.6 Å². The maximum Gasteiger partial charge on any atom is 0.243 e. The molecule has 1 N–H and O–H groups in total. The Kier molecular flexibility index (Phi) is 7.04. The lowest BCUT2D eigenvalue weighted by molar-refractivity contribution is -0.122. The van der Waals surface area contributed by atoms with E-state index in [4.69, 9.17) is 11.6 Å². The second kappa shape index (κ2) is 9.80. The minimum absolute atomic E-state index is 0.106. The number of piperazine rings is 1. The van der Waals surface area contributed by atoms with Crippen LogP contribution in [-0.4, -0.2) is 68.7 Å². The molecule has 0 aromatic heterocycles. The van der Waals surface area contributed by atoms with Crippen LogP contribution in [0.2, 0.25) is 5.02 Å². The number of hydrogen-bond acceptors (Lipinski definition) is 5. The molecule has 10 heteroatoms. The van der Waals surface area contributed by atoms with Crippen LogP contribution in [0.25, 0.3) is 0 Å². The van der Waals surface area contributed by atoms with Gasteiger partial charge in [-0.25, -0.2) is 8.42 Å². The number of nitrogens with zero attached hydrogens (tertiary/aromatic N) is 3. The third kappa shape index (κ3) is 5.22. The third-order valence-corrected chi connectivity index (χ3v) is 8.30. The van der Waals surface area contributed by atoms with Gasteiger partial charge < -0.3 is 15.1 Å². The lowest BCUT2D eigenvalue weighted by Crippen LogP contribution is -2.48. The summed E-state index contributed by atoms with van der Waals surface area (Å²) < 4.78 is 27.3. The first-order chi connectivity index (χ1) is 15.8. The van der Waals surface area contributed by atoms with E-state index in [2.05, 4.69) is 17.1 Å². The number of carbonyl (C=O) groups excluding carboxylic acids is 2. The van der Waals surface area contributed by atoms with Crippen LogP contribution in [0.4, 0.5) is 11.4 Å². The molecule has 0 spiro atoms. The van der Waals surface area contributed by atoms with Gasteiger partial charge >= 0.3 is 0 Å². The van der Waals surface area contributed by atoms with Crippen molar-refractivity contribution in [3.8, 4) is 0 Å². The summed E-state index contributed by atoms with van der Waals surface area (Å²) in [5.41, 5.74) is 1.15. The van der Waals surface area contributed by atoms with Crippen LogP contribution in [0.3, 0.4) is 0 Å². The number of halogens is 1. The number of carbonyl (C=O) groups is 2. The first kappa shape index (κ1) is 23.7. The SMILES string of the molecule is CCN1CCN(S(=O)(=O)c2ccc(NC(=O)C3CC(=O)N(c4cccc(Cl)c4)C3)cc2)CC1. The predicted octanol–water partition coefficient (Wildman–Crippen LogP) is 2.66. The van der Waals surface area contributed by atoms with Gasteiger partial charge in [-0.2, -0.15) is 4.31 Å². The summed E-state index contributed by atoms with van der Waals surface area (Å²) in [6.07, 6.45) is 0.106. The summed E-state index contributed by atoms with van der Waals surface area (Å²) in [5, 5.41) is 3.32. The Morgan fingerprint density at radius 1 is 1.09 bits per heavy atom. The highest BCUT2D eigenvalue weighted by atomic mass is 35.5. The first-order valence-electron chi connectivity index (χ1n) is 11.0. The summed E-state index contributed by atoms with van der Waals surface area (Å²) in [5.74, 6) is -0.920. The number of anilines is 2. The first-order valence-corrected chi connectivity index (χ1v) is 12.8. The number of rotatable bonds is 6. The Balaban J connectivity index is 1.38. The van der Waals surface area contributed by atoms with Crippen LogP contribution in [0.5, 0.6) is 0 Å². The summed E-state index contributed by atoms with van der Waals surface area (Å²) in [7, 11) is -3.57. The molecule has 0 aliphatic carbocycles. The molecule has 0 radical (unpaired) electrons. The molecule has 33 heavy (non-hydrogen) atoms. The maximum absolute atomic E-state index is 12.9. The summed E-state index contributed by atoms with van der Waals surface area (Å²) in [4.78, 5) is 29.1. The molecule has 2 aliphatic rings. The van der Waals surface area contributed by atoms with E-state index in [0.717, 1.165) is 19.6 Å². The van der Waals surface area contributed by atoms with E-state index >= 15 is 0 Å². The van der Waals surface area contributed by atoms with Gasteiger partial charge in [-0.05, 0) is 49.0 Å². The summed E-state index contributed by atoms with van der Waals surface area (Å²) in [6, 6.07) is 13.1. The molecule has 4 rings (SSSR count). The van der Waals surface area contributed by atoms with Crippen molar-refractivity contribution < 1.29 is 18.0 Å². The number of likely N-dealkylation sites (N-methyl/N-ethyl adjacent to an activating group) is 1. The molecule has 2 saturated heterocycles. The Morgan fingerprint density at radius 2 is 1.79 bits per heavy atom. The highest BCUT2D eigenvalue weighted by molar-refractivity contribution is 7.89. The normalized spacial score (nSPS) is 20.2. The Morgan fingerprint density at radius 3 is 2.42 bits per heavy atom. The lowest BCUT2D eigenvalue weighted by Gasteiger charge is -2.33. The summed E-state index contributed by atoms with van der Waals surface area (Å²) in [6.45, 7) is 5.60. The Hall–Kier alpha value is -2.46. The second-order valence-corrected chi connectivity index (χ2v) is 10.6. The van der Waals surface area contributed by atoms with Crippen LogP contribution < -0.4 is 10.2 Å². The molecule has 2 heterocycles. The van der Waals surface area contributed by atoms with Gasteiger partial charge in [0.1, 0.15) is 0 Å². The highest BCUT2D eigenvalue weighted by Gasteiger charge is 2.35. The standard InChI is InChI=1S/C23H27ClN4O4S/c1-2-26-10-12-27(13-11-26)33(31,32)21-8-6-19(7-9-21)25-23(30)17-14-22(29)28(16-17)20-5-3-4-18(24)15-20/h3-9,15,17H,2,10-14,16H2,1H3,(H,25,30). The van der Waals surface area contributed by atoms with E-state index in [1.54, 1.807) is 41.3 Å². The third-order valence-electron chi connectivity index (χ3n) is 6.15. The Labute approximate surface area is 199 Å². The van der Waals surface area contributed by atoms with E-state index in [1.807, 2.05) is 0 Å². The smallest absolute Gasteiger partial charge is 0.243 e. The molecule has 176 valence electrons. The molecule has 2 fully saturated rings. The Bertz CT molecular complexity index is 1130. The van der Waals surface area contributed by atoms with Crippen LogP contribution in [0, 0.1) is 5.92 Å². The molecular weight excluding hydrogens is 464 g/mol. The quantitative estimate of drug-likeness (QED) is 0.672. The topological polar surface area (TPSA) is 90.0 Å². The minimum atomic E-state index is -3.57. The molecule has 0 saturated carbocycles. The van der Waals surface area contributed by atoms with Crippen molar-refractivity contribution in [1.29, 1.82) is 0 Å². The fraction of sp³-hybridized carbons (Fsp3) is 0.391. The van der Waals surface area contributed by atoms with E-state index < -0.39 is 15.9 Å². The fourth-order valence-corrected chi connectivity index (χ4v) is 5.77. The zero-order chi connectivity index (χ0) is 23.6. The van der Waals surface area contributed by atoms with Gasteiger partial charge in [0.05, 0.1) is 10.8 Å². The van der Waals surface area contributed by atoms with Crippen molar-refractivity contribution in [2.75, 3.05) is 49.5 Å².